The van der Waals surface area contributed by atoms with Gasteiger partial charge in [0.15, 0.2) is 0 Å². The largest absolute Gasteiger partial charge is 0.492 e. The van der Waals surface area contributed by atoms with E-state index in [9.17, 15) is 24.7 Å². The van der Waals surface area contributed by atoms with Crippen LogP contribution in [-0.4, -0.2) is 73.6 Å². The van der Waals surface area contributed by atoms with Crippen LogP contribution in [0.1, 0.15) is 149 Å². The van der Waals surface area contributed by atoms with Gasteiger partial charge in [0.2, 0.25) is 0 Å². The molecule has 15 heteroatoms. The van der Waals surface area contributed by atoms with Crippen LogP contribution < -0.4 is 21.7 Å². The van der Waals surface area contributed by atoms with Crippen LogP contribution in [0.25, 0.3) is 0 Å². The molecule has 1 saturated heterocycles. The second kappa shape index (κ2) is 27.5. The predicted molar refractivity (Wildman–Crippen MR) is 308 cm³/mol. The molecule has 0 saturated carbocycles. The molecule has 5 atom stereocenters. The topological polar surface area (TPSA) is 156 Å². The quantitative estimate of drug-likeness (QED) is 0.0684. The van der Waals surface area contributed by atoms with Crippen molar-refractivity contribution in [2.45, 2.75) is 118 Å². The van der Waals surface area contributed by atoms with Gasteiger partial charge in [-0.15, -0.1) is 0 Å². The highest BCUT2D eigenvalue weighted by molar-refractivity contribution is 6.62. The van der Waals surface area contributed by atoms with Crippen molar-refractivity contribution in [3.63, 3.8) is 0 Å². The first kappa shape index (κ1) is 58.7. The molecule has 0 radical (unpaired) electrons. The lowest BCUT2D eigenvalue weighted by Crippen LogP contribution is -2.28. The summed E-state index contributed by atoms with van der Waals surface area (Å²) >= 11 is 0. The summed E-state index contributed by atoms with van der Waals surface area (Å²) in [5.41, 5.74) is 12.4. The van der Waals surface area contributed by atoms with E-state index >= 15 is 0 Å². The monoisotopic (exact) mass is 1040 g/mol. The number of carbonyl (C=O) groups is 2. The minimum Gasteiger partial charge on any atom is -0.469 e. The SMILES string of the molecule is CC(C)C1OB(O)c2cc(NC(=O)OCc3ccccc3)ccc21.CC(C)C1OB(O)c2ccccc21.CCC1OB(O)c2ccc(C(C)C)cc21.COC(=O)[C@H]1CN(Cc2ccccc2)C[C@@H]1c1ccc(C(C)C)cc1. The molecule has 77 heavy (non-hydrogen) atoms. The van der Waals surface area contributed by atoms with Crippen LogP contribution in [0, 0.1) is 17.8 Å². The van der Waals surface area contributed by atoms with Gasteiger partial charge in [0.25, 0.3) is 0 Å². The summed E-state index contributed by atoms with van der Waals surface area (Å²) in [6.45, 7) is 21.8. The highest BCUT2D eigenvalue weighted by Crippen LogP contribution is 2.36. The molecule has 0 spiro atoms. The van der Waals surface area contributed by atoms with Gasteiger partial charge in [-0.25, -0.2) is 4.79 Å². The predicted octanol–water partition coefficient (Wildman–Crippen LogP) is 10.1. The van der Waals surface area contributed by atoms with Crippen molar-refractivity contribution in [2.75, 3.05) is 25.5 Å². The fourth-order valence-corrected chi connectivity index (χ4v) is 10.4. The van der Waals surface area contributed by atoms with Crippen LogP contribution in [0.2, 0.25) is 0 Å². The van der Waals surface area contributed by atoms with Gasteiger partial charge in [0.05, 0.1) is 31.3 Å². The molecule has 4 heterocycles. The average molecular weight is 1040 g/mol. The van der Waals surface area contributed by atoms with E-state index in [0.717, 1.165) is 59.2 Å². The highest BCUT2D eigenvalue weighted by Gasteiger charge is 2.40. The number of benzene rings is 6. The minimum atomic E-state index is -0.963. The Morgan fingerprint density at radius 1 is 0.610 bits per heavy atom. The molecular formula is C62H77B3N2O10. The maximum atomic E-state index is 12.3. The number of esters is 1. The first-order valence-corrected chi connectivity index (χ1v) is 27.2. The third kappa shape index (κ3) is 15.2. The molecule has 6 aromatic rings. The van der Waals surface area contributed by atoms with E-state index in [1.807, 2.05) is 86.6 Å². The molecule has 4 aliphatic rings. The van der Waals surface area contributed by atoms with E-state index in [0.29, 0.717) is 28.9 Å². The van der Waals surface area contributed by atoms with Gasteiger partial charge in [0, 0.05) is 31.2 Å². The first-order chi connectivity index (χ1) is 37.0. The summed E-state index contributed by atoms with van der Waals surface area (Å²) in [6.07, 6.45) is 0.354. The Bertz CT molecular complexity index is 2840. The molecular weight excluding hydrogens is 965 g/mol. The van der Waals surface area contributed by atoms with Crippen molar-refractivity contribution in [2.24, 2.45) is 17.8 Å². The summed E-state index contributed by atoms with van der Waals surface area (Å²) in [5, 5.41) is 32.0. The van der Waals surface area contributed by atoms with E-state index in [1.165, 1.54) is 29.4 Å². The molecule has 4 N–H and O–H groups in total. The standard InChI is InChI=1S/C22H27NO2.C18H20BNO4.C12H17BO2.C10H13BO2/c1-16(2)18-9-11-19(12-10-18)20-14-23(15-21(20)22(24)25-3)13-17-7-5-4-6-8-17;1-12(2)17-15-9-8-14(10-16(15)19(22)24-17)20-18(21)23-11-13-6-4-3-5-7-13;1-4-12-10-7-9(8(2)3)5-6-11(10)13(14)15-12;1-7(2)10-8-5-3-4-6-9(8)11(12)13-10/h4-12,16,20-21H,13-15H2,1-3H3;3-10,12,17,22H,11H2,1-2H3,(H,20,21);5-8,12,14H,4H2,1-3H3;3-7,10,12H,1-2H3/t20-,21+;;;/m1.../s1. The number of hydrogen-bond donors (Lipinski definition) is 4. The van der Waals surface area contributed by atoms with E-state index < -0.39 is 27.4 Å². The zero-order valence-electron chi connectivity index (χ0n) is 46.5. The van der Waals surface area contributed by atoms with Crippen LogP contribution in [0.5, 0.6) is 0 Å². The highest BCUT2D eigenvalue weighted by atomic mass is 16.6. The number of methoxy groups -OCH3 is 1. The Morgan fingerprint density at radius 2 is 1.16 bits per heavy atom. The lowest BCUT2D eigenvalue weighted by atomic mass is 9.78. The number of anilines is 1. The van der Waals surface area contributed by atoms with Crippen LogP contribution in [0.4, 0.5) is 10.5 Å². The van der Waals surface area contributed by atoms with Crippen molar-refractivity contribution >= 4 is 55.5 Å². The third-order valence-corrected chi connectivity index (χ3v) is 14.7. The van der Waals surface area contributed by atoms with E-state index in [1.54, 1.807) is 12.1 Å². The Labute approximate surface area is 457 Å². The Kier molecular flexibility index (Phi) is 21.0. The van der Waals surface area contributed by atoms with E-state index in [2.05, 4.69) is 119 Å². The molecule has 404 valence electrons. The van der Waals surface area contributed by atoms with E-state index in [4.69, 9.17) is 23.4 Å². The van der Waals surface area contributed by atoms with Crippen molar-refractivity contribution in [1.29, 1.82) is 0 Å². The van der Waals surface area contributed by atoms with Crippen LogP contribution in [0.15, 0.2) is 146 Å². The Balaban J connectivity index is 0.000000154. The second-order valence-electron chi connectivity index (χ2n) is 21.6. The molecule has 6 aromatic carbocycles. The fraction of sp³-hybridized carbons (Fsp3) is 0.387. The third-order valence-electron chi connectivity index (χ3n) is 14.7. The zero-order valence-corrected chi connectivity index (χ0v) is 46.5. The van der Waals surface area contributed by atoms with Gasteiger partial charge in [-0.3, -0.25) is 15.0 Å². The maximum absolute atomic E-state index is 12.3. The lowest BCUT2D eigenvalue weighted by molar-refractivity contribution is -0.145. The molecule has 0 aliphatic carbocycles. The van der Waals surface area contributed by atoms with Crippen molar-refractivity contribution < 1.29 is 48.1 Å². The van der Waals surface area contributed by atoms with E-state index in [-0.39, 0.29) is 48.6 Å². The van der Waals surface area contributed by atoms with Crippen LogP contribution in [-0.2, 0) is 41.4 Å². The summed E-state index contributed by atoms with van der Waals surface area (Å²) in [4.78, 5) is 26.6. The minimum absolute atomic E-state index is 0.0474. The zero-order chi connectivity index (χ0) is 55.3. The molecule has 1 fully saturated rings. The van der Waals surface area contributed by atoms with Gasteiger partial charge in [0.1, 0.15) is 6.61 Å². The Hall–Kier alpha value is -6.03. The molecule has 1 amide bonds. The number of ether oxygens (including phenoxy) is 2. The number of likely N-dealkylation sites (tertiary alicyclic amines) is 1. The summed E-state index contributed by atoms with van der Waals surface area (Å²) in [6, 6.07) is 48.1. The normalized spacial score (nSPS) is 19.2. The average Bonchev–Trinajstić information content (AvgIpc) is 4.22. The van der Waals surface area contributed by atoms with Crippen LogP contribution >= 0.6 is 0 Å². The number of carbonyl (C=O) groups excluding carboxylic acids is 2. The fourth-order valence-electron chi connectivity index (χ4n) is 10.4. The number of amides is 1. The number of nitrogens with zero attached hydrogens (tertiary/aromatic N) is 1. The lowest BCUT2D eigenvalue weighted by Gasteiger charge is -2.18. The van der Waals surface area contributed by atoms with Crippen molar-refractivity contribution in [3.05, 3.63) is 190 Å². The Morgan fingerprint density at radius 3 is 1.75 bits per heavy atom. The second-order valence-corrected chi connectivity index (χ2v) is 21.6. The molecule has 10 rings (SSSR count). The van der Waals surface area contributed by atoms with Gasteiger partial charge < -0.3 is 38.5 Å². The summed E-state index contributed by atoms with van der Waals surface area (Å²) in [5.74, 6) is 1.69. The maximum Gasteiger partial charge on any atom is 0.492 e. The molecule has 0 aromatic heterocycles. The summed E-state index contributed by atoms with van der Waals surface area (Å²) < 4.78 is 26.8. The molecule has 0 bridgehead atoms. The van der Waals surface area contributed by atoms with Crippen molar-refractivity contribution in [1.82, 2.24) is 4.90 Å². The number of nitrogens with one attached hydrogen (secondary N) is 1. The smallest absolute Gasteiger partial charge is 0.469 e. The van der Waals surface area contributed by atoms with Gasteiger partial charge in [-0.05, 0) is 103 Å². The van der Waals surface area contributed by atoms with Gasteiger partial charge in [-0.1, -0.05) is 196 Å². The van der Waals surface area contributed by atoms with Gasteiger partial charge >= 0.3 is 33.4 Å². The number of fused-ring (bicyclic) bond motifs is 3. The molecule has 4 aliphatic heterocycles. The number of rotatable bonds is 12. The summed E-state index contributed by atoms with van der Waals surface area (Å²) in [7, 11) is -0.939. The van der Waals surface area contributed by atoms with Gasteiger partial charge in [-0.2, -0.15) is 0 Å². The molecule has 3 unspecified atom stereocenters. The van der Waals surface area contributed by atoms with Crippen molar-refractivity contribution in [3.8, 4) is 0 Å². The number of hydrogen-bond acceptors (Lipinski definition) is 11. The first-order valence-electron chi connectivity index (χ1n) is 27.2. The van der Waals surface area contributed by atoms with Crippen LogP contribution in [0.3, 0.4) is 0 Å². The molecule has 12 nitrogen and oxygen atoms in total.